The number of ether oxygens (including phenoxy) is 1. The maximum atomic E-state index is 12.4. The first-order chi connectivity index (χ1) is 8.10. The molecule has 0 bridgehead atoms. The quantitative estimate of drug-likeness (QED) is 0.776. The van der Waals surface area contributed by atoms with E-state index in [1.807, 2.05) is 6.92 Å². The lowest BCUT2D eigenvalue weighted by atomic mass is 10.2. The van der Waals surface area contributed by atoms with E-state index < -0.39 is 18.2 Å². The number of halogens is 2. The molecule has 1 aliphatic heterocycles. The molecule has 1 fully saturated rings. The van der Waals surface area contributed by atoms with Crippen LogP contribution in [0.3, 0.4) is 0 Å². The molecule has 1 amide bonds. The number of nitrogens with zero attached hydrogens (tertiary/aromatic N) is 1. The van der Waals surface area contributed by atoms with Gasteiger partial charge in [-0.1, -0.05) is 13.3 Å². The molecule has 1 rings (SSSR count). The molecule has 0 spiro atoms. The van der Waals surface area contributed by atoms with E-state index in [0.29, 0.717) is 0 Å². The topological polar surface area (TPSA) is 49.8 Å². The number of unbranched alkanes of at least 4 members (excludes halogenated alkanes) is 1. The van der Waals surface area contributed by atoms with Crippen molar-refractivity contribution in [1.82, 2.24) is 4.90 Å². The fourth-order valence-electron chi connectivity index (χ4n) is 1.69. The Hall–Kier alpha value is -1.17. The molecule has 1 aliphatic rings. The Morgan fingerprint density at radius 1 is 1.59 bits per heavy atom. The second-order valence-corrected chi connectivity index (χ2v) is 4.00. The molecule has 98 valence electrons. The van der Waals surface area contributed by atoms with Gasteiger partial charge in [-0.15, -0.1) is 0 Å². The molecular weight excluding hydrogens is 232 g/mol. The molecule has 1 atom stereocenters. The third kappa shape index (κ3) is 3.66. The first-order valence-corrected chi connectivity index (χ1v) is 5.67. The van der Waals surface area contributed by atoms with Crippen molar-refractivity contribution in [2.75, 3.05) is 19.8 Å². The molecule has 0 unspecified atom stereocenters. The number of carbonyl (C=O) groups excluding carboxylic acids is 1. The van der Waals surface area contributed by atoms with E-state index in [1.165, 1.54) is 0 Å². The second kappa shape index (κ2) is 6.54. The molecule has 4 nitrogen and oxygen atoms in total. The predicted molar refractivity (Wildman–Crippen MR) is 57.7 cm³/mol. The minimum Gasteiger partial charge on any atom is -0.449 e. The Morgan fingerprint density at radius 3 is 2.82 bits per heavy atom. The highest BCUT2D eigenvalue weighted by atomic mass is 19.3. The SMILES string of the molecule is CCCCOC(=O)N1CC(=C(F)F)C[C@H]1CO. The number of aliphatic hydroxyl groups is 1. The summed E-state index contributed by atoms with van der Waals surface area (Å²) in [6.07, 6.45) is -0.757. The molecule has 0 aromatic carbocycles. The minimum absolute atomic E-state index is 0.0156. The first-order valence-electron chi connectivity index (χ1n) is 5.67. The summed E-state index contributed by atoms with van der Waals surface area (Å²) < 4.78 is 29.8. The summed E-state index contributed by atoms with van der Waals surface area (Å²) in [6.45, 7) is 1.75. The summed E-state index contributed by atoms with van der Waals surface area (Å²) in [7, 11) is 0. The average molecular weight is 249 g/mol. The predicted octanol–water partition coefficient (Wildman–Crippen LogP) is 2.14. The van der Waals surface area contributed by atoms with Crippen molar-refractivity contribution in [2.24, 2.45) is 0 Å². The van der Waals surface area contributed by atoms with Crippen molar-refractivity contribution in [3.63, 3.8) is 0 Å². The Bertz CT molecular complexity index is 303. The van der Waals surface area contributed by atoms with Crippen LogP contribution in [-0.4, -0.2) is 41.9 Å². The van der Waals surface area contributed by atoms with E-state index in [4.69, 9.17) is 9.84 Å². The molecule has 0 radical (unpaired) electrons. The molecule has 1 saturated heterocycles. The third-order valence-corrected chi connectivity index (χ3v) is 2.72. The van der Waals surface area contributed by atoms with Crippen molar-refractivity contribution >= 4 is 6.09 Å². The molecule has 1 heterocycles. The van der Waals surface area contributed by atoms with Gasteiger partial charge in [0.25, 0.3) is 6.08 Å². The molecule has 17 heavy (non-hydrogen) atoms. The zero-order chi connectivity index (χ0) is 12.8. The largest absolute Gasteiger partial charge is 0.449 e. The Labute approximate surface area is 98.9 Å². The van der Waals surface area contributed by atoms with Gasteiger partial charge in [-0.05, 0) is 12.8 Å². The van der Waals surface area contributed by atoms with Gasteiger partial charge in [-0.25, -0.2) is 4.79 Å². The normalized spacial score (nSPS) is 19.6. The summed E-state index contributed by atoms with van der Waals surface area (Å²) in [5, 5.41) is 9.04. The highest BCUT2D eigenvalue weighted by molar-refractivity contribution is 5.69. The van der Waals surface area contributed by atoms with Crippen molar-refractivity contribution in [3.05, 3.63) is 11.7 Å². The van der Waals surface area contributed by atoms with Gasteiger partial charge in [0, 0.05) is 5.57 Å². The van der Waals surface area contributed by atoms with Crippen LogP contribution in [0.2, 0.25) is 0 Å². The van der Waals surface area contributed by atoms with Gasteiger partial charge in [-0.2, -0.15) is 8.78 Å². The van der Waals surface area contributed by atoms with Crippen LogP contribution in [0.15, 0.2) is 11.7 Å². The second-order valence-electron chi connectivity index (χ2n) is 4.00. The van der Waals surface area contributed by atoms with Gasteiger partial charge in [0.15, 0.2) is 0 Å². The fraction of sp³-hybridized carbons (Fsp3) is 0.727. The summed E-state index contributed by atoms with van der Waals surface area (Å²) in [5.74, 6) is 0. The van der Waals surface area contributed by atoms with E-state index >= 15 is 0 Å². The van der Waals surface area contributed by atoms with Gasteiger partial charge in [0.1, 0.15) is 0 Å². The summed E-state index contributed by atoms with van der Waals surface area (Å²) >= 11 is 0. The van der Waals surface area contributed by atoms with Gasteiger partial charge in [0.05, 0.1) is 25.8 Å². The smallest absolute Gasteiger partial charge is 0.410 e. The number of likely N-dealkylation sites (tertiary alicyclic amines) is 1. The standard InChI is InChI=1S/C11H17F2NO3/c1-2-3-4-17-11(16)14-6-8(10(12)13)5-9(14)7-15/h9,15H,2-7H2,1H3/t9-/m0/s1. The minimum atomic E-state index is -1.77. The fourth-order valence-corrected chi connectivity index (χ4v) is 1.69. The molecule has 6 heteroatoms. The van der Waals surface area contributed by atoms with Crippen LogP contribution in [0.25, 0.3) is 0 Å². The van der Waals surface area contributed by atoms with E-state index in [1.54, 1.807) is 0 Å². The maximum Gasteiger partial charge on any atom is 0.410 e. The van der Waals surface area contributed by atoms with Crippen molar-refractivity contribution in [1.29, 1.82) is 0 Å². The van der Waals surface area contributed by atoms with Crippen LogP contribution >= 0.6 is 0 Å². The van der Waals surface area contributed by atoms with E-state index in [9.17, 15) is 13.6 Å². The van der Waals surface area contributed by atoms with Gasteiger partial charge in [-0.3, -0.25) is 4.90 Å². The Morgan fingerprint density at radius 2 is 2.29 bits per heavy atom. The number of rotatable bonds is 4. The number of aliphatic hydroxyl groups excluding tert-OH is 1. The van der Waals surface area contributed by atoms with Gasteiger partial charge < -0.3 is 9.84 Å². The summed E-state index contributed by atoms with van der Waals surface area (Å²) in [6, 6.07) is -0.597. The molecular formula is C11H17F2NO3. The lowest BCUT2D eigenvalue weighted by molar-refractivity contribution is 0.0839. The van der Waals surface area contributed by atoms with Crippen molar-refractivity contribution in [2.45, 2.75) is 32.2 Å². The molecule has 0 saturated carbocycles. The Kier molecular flexibility index (Phi) is 5.34. The Balaban J connectivity index is 2.57. The molecule has 0 aromatic heterocycles. The number of hydrogen-bond donors (Lipinski definition) is 1. The van der Waals surface area contributed by atoms with E-state index in [2.05, 4.69) is 0 Å². The lowest BCUT2D eigenvalue weighted by Gasteiger charge is -2.21. The molecule has 0 aliphatic carbocycles. The van der Waals surface area contributed by atoms with Crippen molar-refractivity contribution in [3.8, 4) is 0 Å². The highest BCUT2D eigenvalue weighted by Crippen LogP contribution is 2.26. The molecule has 0 aromatic rings. The monoisotopic (exact) mass is 249 g/mol. The van der Waals surface area contributed by atoms with Crippen LogP contribution in [0.1, 0.15) is 26.2 Å². The van der Waals surface area contributed by atoms with Crippen LogP contribution in [0.4, 0.5) is 13.6 Å². The van der Waals surface area contributed by atoms with Crippen LogP contribution < -0.4 is 0 Å². The van der Waals surface area contributed by atoms with Crippen LogP contribution in [0.5, 0.6) is 0 Å². The number of hydrogen-bond acceptors (Lipinski definition) is 3. The summed E-state index contributed by atoms with van der Waals surface area (Å²) in [5.41, 5.74) is -0.100. The zero-order valence-corrected chi connectivity index (χ0v) is 9.79. The summed E-state index contributed by atoms with van der Waals surface area (Å²) in [4.78, 5) is 12.7. The van der Waals surface area contributed by atoms with Gasteiger partial charge in [0.2, 0.25) is 0 Å². The zero-order valence-electron chi connectivity index (χ0n) is 9.79. The lowest BCUT2D eigenvalue weighted by Crippen LogP contribution is -2.38. The van der Waals surface area contributed by atoms with Crippen LogP contribution in [-0.2, 0) is 4.74 Å². The highest BCUT2D eigenvalue weighted by Gasteiger charge is 2.34. The number of carbonyl (C=O) groups is 1. The van der Waals surface area contributed by atoms with Crippen molar-refractivity contribution < 1.29 is 23.4 Å². The van der Waals surface area contributed by atoms with Gasteiger partial charge >= 0.3 is 6.09 Å². The maximum absolute atomic E-state index is 12.4. The molecule has 1 N–H and O–H groups in total. The van der Waals surface area contributed by atoms with Crippen LogP contribution in [0, 0.1) is 0 Å². The number of amides is 1. The first kappa shape index (κ1) is 13.9. The van der Waals surface area contributed by atoms with E-state index in [-0.39, 0.29) is 31.8 Å². The third-order valence-electron chi connectivity index (χ3n) is 2.72. The van der Waals surface area contributed by atoms with E-state index in [0.717, 1.165) is 17.7 Å². The average Bonchev–Trinajstić information content (AvgIpc) is 2.73.